The van der Waals surface area contributed by atoms with E-state index < -0.39 is 0 Å². The normalized spacial score (nSPS) is 10.3. The molecular weight excluding hydrogens is 224 g/mol. The van der Waals surface area contributed by atoms with Crippen molar-refractivity contribution in [2.45, 2.75) is 51.9 Å². The predicted octanol–water partition coefficient (Wildman–Crippen LogP) is 4.27. The van der Waals surface area contributed by atoms with Gasteiger partial charge in [0.15, 0.2) is 0 Å². The van der Waals surface area contributed by atoms with Gasteiger partial charge in [-0.15, -0.1) is 0 Å². The molecule has 1 radical (unpaired) electrons. The first-order valence-corrected chi connectivity index (χ1v) is 6.98. The van der Waals surface area contributed by atoms with Crippen LogP contribution in [-0.4, -0.2) is 12.9 Å². The summed E-state index contributed by atoms with van der Waals surface area (Å²) in [5, 5.41) is 0. The summed E-state index contributed by atoms with van der Waals surface area (Å²) in [6.07, 6.45) is 10.9. The van der Waals surface area contributed by atoms with Crippen LogP contribution in [0.4, 0.5) is 0 Å². The third-order valence-corrected chi connectivity index (χ3v) is 2.99. The molecule has 18 heavy (non-hydrogen) atoms. The maximum Gasteiger partial charge on any atom is 0.233 e. The van der Waals surface area contributed by atoms with E-state index in [1.54, 1.807) is 12.1 Å². The molecule has 1 aromatic carbocycles. The summed E-state index contributed by atoms with van der Waals surface area (Å²) < 4.78 is 5.60. The molecule has 0 unspecified atom stereocenters. The minimum absolute atomic E-state index is 0.568. The van der Waals surface area contributed by atoms with E-state index in [-0.39, 0.29) is 0 Å². The predicted molar refractivity (Wildman–Crippen MR) is 74.7 cm³/mol. The van der Waals surface area contributed by atoms with E-state index in [1.807, 2.05) is 18.4 Å². The average Bonchev–Trinajstić information content (AvgIpc) is 2.42. The Labute approximate surface area is 110 Å². The van der Waals surface area contributed by atoms with Gasteiger partial charge in [-0.3, -0.25) is 4.79 Å². The summed E-state index contributed by atoms with van der Waals surface area (Å²) in [6, 6.07) is 7.10. The van der Waals surface area contributed by atoms with Crippen LogP contribution < -0.4 is 4.74 Å². The summed E-state index contributed by atoms with van der Waals surface area (Å²) in [5.74, 6) is 0.833. The van der Waals surface area contributed by atoms with Crippen molar-refractivity contribution in [2.24, 2.45) is 0 Å². The fourth-order valence-corrected chi connectivity index (χ4v) is 1.87. The van der Waals surface area contributed by atoms with Gasteiger partial charge >= 0.3 is 0 Å². The lowest BCUT2D eigenvalue weighted by molar-refractivity contribution is 0.304. The highest BCUT2D eigenvalue weighted by Gasteiger charge is 1.95. The molecule has 0 spiro atoms. The number of hydrogen-bond donors (Lipinski definition) is 0. The van der Waals surface area contributed by atoms with E-state index >= 15 is 0 Å². The molecule has 0 aliphatic rings. The zero-order valence-electron chi connectivity index (χ0n) is 11.3. The van der Waals surface area contributed by atoms with E-state index in [9.17, 15) is 4.79 Å². The van der Waals surface area contributed by atoms with Crippen molar-refractivity contribution < 1.29 is 9.53 Å². The van der Waals surface area contributed by atoms with Gasteiger partial charge < -0.3 is 4.74 Å². The second-order valence-electron chi connectivity index (χ2n) is 4.60. The second kappa shape index (κ2) is 9.69. The standard InChI is InChI=1S/C16H23O2/c1-2-3-4-5-6-7-8-13-18-16-11-9-15(14-17)10-12-16/h9-12H,2-8,13H2,1H3. The Morgan fingerprint density at radius 3 is 2.17 bits per heavy atom. The van der Waals surface area contributed by atoms with Gasteiger partial charge in [-0.1, -0.05) is 45.4 Å². The summed E-state index contributed by atoms with van der Waals surface area (Å²) in [4.78, 5) is 10.4. The molecule has 1 aromatic rings. The molecule has 0 N–H and O–H groups in total. The molecule has 2 nitrogen and oxygen atoms in total. The first kappa shape index (κ1) is 14.7. The lowest BCUT2D eigenvalue weighted by Crippen LogP contribution is -1.97. The highest BCUT2D eigenvalue weighted by atomic mass is 16.5. The molecule has 99 valence electrons. The van der Waals surface area contributed by atoms with Crippen molar-refractivity contribution in [3.8, 4) is 5.75 Å². The van der Waals surface area contributed by atoms with Crippen LogP contribution >= 0.6 is 0 Å². The van der Waals surface area contributed by atoms with Gasteiger partial charge in [0, 0.05) is 5.56 Å². The van der Waals surface area contributed by atoms with E-state index in [4.69, 9.17) is 4.74 Å². The fraction of sp³-hybridized carbons (Fsp3) is 0.562. The highest BCUT2D eigenvalue weighted by molar-refractivity contribution is 5.75. The van der Waals surface area contributed by atoms with E-state index in [2.05, 4.69) is 6.92 Å². The SMILES string of the molecule is CCCCCCCCCOc1ccc([C]=O)cc1. The van der Waals surface area contributed by atoms with Gasteiger partial charge in [-0.2, -0.15) is 0 Å². The summed E-state index contributed by atoms with van der Waals surface area (Å²) >= 11 is 0. The molecule has 0 atom stereocenters. The first-order chi connectivity index (χ1) is 8.86. The quantitative estimate of drug-likeness (QED) is 0.577. The van der Waals surface area contributed by atoms with Crippen molar-refractivity contribution in [1.82, 2.24) is 0 Å². The van der Waals surface area contributed by atoms with Crippen molar-refractivity contribution >= 4 is 6.29 Å². The Hall–Kier alpha value is -1.31. The summed E-state index contributed by atoms with van der Waals surface area (Å²) in [5.41, 5.74) is 0.568. The van der Waals surface area contributed by atoms with Crippen molar-refractivity contribution in [2.75, 3.05) is 6.61 Å². The van der Waals surface area contributed by atoms with Gasteiger partial charge in [0.25, 0.3) is 0 Å². The van der Waals surface area contributed by atoms with Crippen LogP contribution in [0.3, 0.4) is 0 Å². The van der Waals surface area contributed by atoms with Crippen LogP contribution in [0.1, 0.15) is 57.4 Å². The molecular formula is C16H23O2. The maximum absolute atomic E-state index is 10.4. The Bertz CT molecular complexity index is 316. The number of carbonyl (C=O) groups excluding carboxylic acids is 1. The van der Waals surface area contributed by atoms with Crippen molar-refractivity contribution in [1.29, 1.82) is 0 Å². The topological polar surface area (TPSA) is 26.3 Å². The third-order valence-electron chi connectivity index (χ3n) is 2.99. The average molecular weight is 247 g/mol. The monoisotopic (exact) mass is 247 g/mol. The van der Waals surface area contributed by atoms with Crippen LogP contribution in [0.15, 0.2) is 24.3 Å². The minimum Gasteiger partial charge on any atom is -0.494 e. The van der Waals surface area contributed by atoms with Crippen LogP contribution in [0, 0.1) is 0 Å². The smallest absolute Gasteiger partial charge is 0.233 e. The van der Waals surface area contributed by atoms with E-state index in [0.29, 0.717) is 5.56 Å². The number of unbranched alkanes of at least 4 members (excludes halogenated alkanes) is 6. The summed E-state index contributed by atoms with van der Waals surface area (Å²) in [6.45, 7) is 3.00. The summed E-state index contributed by atoms with van der Waals surface area (Å²) in [7, 11) is 0. The number of rotatable bonds is 10. The highest BCUT2D eigenvalue weighted by Crippen LogP contribution is 2.12. The molecule has 0 aliphatic heterocycles. The van der Waals surface area contributed by atoms with Crippen LogP contribution in [0.2, 0.25) is 0 Å². The molecule has 0 aliphatic carbocycles. The second-order valence-corrected chi connectivity index (χ2v) is 4.60. The fourth-order valence-electron chi connectivity index (χ4n) is 1.87. The van der Waals surface area contributed by atoms with E-state index in [1.165, 1.54) is 38.5 Å². The van der Waals surface area contributed by atoms with Crippen molar-refractivity contribution in [3.05, 3.63) is 29.8 Å². The number of hydrogen-bond acceptors (Lipinski definition) is 2. The molecule has 0 bridgehead atoms. The minimum atomic E-state index is 0.568. The Balaban J connectivity index is 2.01. The molecule has 1 rings (SSSR count). The molecule has 0 saturated heterocycles. The van der Waals surface area contributed by atoms with Gasteiger partial charge in [-0.05, 0) is 30.7 Å². The Morgan fingerprint density at radius 1 is 0.944 bits per heavy atom. The maximum atomic E-state index is 10.4. The molecule has 0 fully saturated rings. The Kier molecular flexibility index (Phi) is 7.94. The van der Waals surface area contributed by atoms with Crippen molar-refractivity contribution in [3.63, 3.8) is 0 Å². The van der Waals surface area contributed by atoms with Crippen LogP contribution in [0.5, 0.6) is 5.75 Å². The van der Waals surface area contributed by atoms with Gasteiger partial charge in [-0.25, -0.2) is 0 Å². The van der Waals surface area contributed by atoms with E-state index in [0.717, 1.165) is 18.8 Å². The molecule has 0 saturated carbocycles. The largest absolute Gasteiger partial charge is 0.494 e. The zero-order valence-corrected chi connectivity index (χ0v) is 11.3. The first-order valence-electron chi connectivity index (χ1n) is 6.98. The lowest BCUT2D eigenvalue weighted by atomic mass is 10.1. The van der Waals surface area contributed by atoms with Gasteiger partial charge in [0.05, 0.1) is 6.61 Å². The number of benzene rings is 1. The van der Waals surface area contributed by atoms with Gasteiger partial charge in [0.2, 0.25) is 6.29 Å². The lowest BCUT2D eigenvalue weighted by Gasteiger charge is -2.06. The molecule has 0 amide bonds. The molecule has 2 heteroatoms. The molecule has 0 aromatic heterocycles. The van der Waals surface area contributed by atoms with Crippen LogP contribution in [-0.2, 0) is 4.79 Å². The van der Waals surface area contributed by atoms with Crippen LogP contribution in [0.25, 0.3) is 0 Å². The third kappa shape index (κ3) is 6.43. The van der Waals surface area contributed by atoms with Gasteiger partial charge in [0.1, 0.15) is 5.75 Å². The zero-order chi connectivity index (χ0) is 13.1. The Morgan fingerprint density at radius 2 is 1.56 bits per heavy atom. The molecule has 0 heterocycles. The number of ether oxygens (including phenoxy) is 1.